The number of hydrogen-bond donors (Lipinski definition) is 2. The van der Waals surface area contributed by atoms with Gasteiger partial charge in [0.1, 0.15) is 12.7 Å². The van der Waals surface area contributed by atoms with Crippen LogP contribution in [-0.2, 0) is 42.2 Å². The predicted molar refractivity (Wildman–Crippen MR) is 307 cm³/mol. The first-order chi connectivity index (χ1) is 36.2. The number of carbonyl (C=O) groups is 3. The lowest BCUT2D eigenvalue weighted by Gasteiger charge is -2.21. The maximum absolute atomic E-state index is 12.9. The van der Waals surface area contributed by atoms with Gasteiger partial charge >= 0.3 is 25.7 Å². The molecular weight excluding hydrogens is 952 g/mol. The number of phosphoric ester groups is 1. The zero-order valence-electron chi connectivity index (χ0n) is 46.8. The number of esters is 3. The fourth-order valence-electron chi connectivity index (χ4n) is 7.68. The van der Waals surface area contributed by atoms with Crippen molar-refractivity contribution in [2.45, 2.75) is 251 Å². The number of carbonyl (C=O) groups excluding carboxylic acids is 3. The normalized spacial score (nSPS) is 14.1. The largest absolute Gasteiger partial charge is 0.472 e. The second kappa shape index (κ2) is 55.6. The Morgan fingerprint density at radius 2 is 0.757 bits per heavy atom. The Kier molecular flexibility index (Phi) is 52.9. The van der Waals surface area contributed by atoms with Crippen LogP contribution in [0, 0.1) is 0 Å². The molecule has 0 aliphatic carbocycles. The molecule has 0 amide bonds. The average molecular weight is 1060 g/mol. The van der Waals surface area contributed by atoms with Crippen LogP contribution >= 0.6 is 7.82 Å². The Labute approximate surface area is 451 Å². The van der Waals surface area contributed by atoms with E-state index in [9.17, 15) is 28.9 Å². The third kappa shape index (κ3) is 53.2. The minimum absolute atomic E-state index is 0.0688. The van der Waals surface area contributed by atoms with Gasteiger partial charge in [-0.15, -0.1) is 0 Å². The smallest absolute Gasteiger partial charge is 0.462 e. The highest BCUT2D eigenvalue weighted by molar-refractivity contribution is 7.47. The summed E-state index contributed by atoms with van der Waals surface area (Å²) in [4.78, 5) is 48.4. The summed E-state index contributed by atoms with van der Waals surface area (Å²) in [7, 11) is -4.78. The highest BCUT2D eigenvalue weighted by Gasteiger charge is 2.28. The van der Waals surface area contributed by atoms with Gasteiger partial charge in [0.15, 0.2) is 6.10 Å². The van der Waals surface area contributed by atoms with Gasteiger partial charge in [-0.25, -0.2) is 4.57 Å². The molecule has 0 radical (unpaired) electrons. The molecular formula is C62H105O11P. The lowest BCUT2D eigenvalue weighted by Crippen LogP contribution is -2.30. The van der Waals surface area contributed by atoms with Gasteiger partial charge in [-0.05, 0) is 77.0 Å². The fourth-order valence-corrected chi connectivity index (χ4v) is 8.47. The van der Waals surface area contributed by atoms with E-state index in [0.29, 0.717) is 19.3 Å². The van der Waals surface area contributed by atoms with E-state index in [-0.39, 0.29) is 25.9 Å². The molecule has 0 aromatic heterocycles. The Morgan fingerprint density at radius 3 is 1.19 bits per heavy atom. The van der Waals surface area contributed by atoms with Crippen molar-refractivity contribution >= 4 is 25.7 Å². The Balaban J connectivity index is 4.81. The zero-order chi connectivity index (χ0) is 54.1. The van der Waals surface area contributed by atoms with Gasteiger partial charge in [0.05, 0.1) is 26.2 Å². The minimum Gasteiger partial charge on any atom is -0.462 e. The lowest BCUT2D eigenvalue weighted by atomic mass is 10.0. The Morgan fingerprint density at radius 1 is 0.405 bits per heavy atom. The second-order valence-corrected chi connectivity index (χ2v) is 20.5. The minimum atomic E-state index is -4.78. The summed E-state index contributed by atoms with van der Waals surface area (Å²) in [6.07, 6.45) is 65.5. The molecule has 11 nitrogen and oxygen atoms in total. The van der Waals surface area contributed by atoms with E-state index >= 15 is 0 Å². The van der Waals surface area contributed by atoms with Gasteiger partial charge in [0.25, 0.3) is 0 Å². The van der Waals surface area contributed by atoms with E-state index in [0.717, 1.165) is 83.5 Å². The van der Waals surface area contributed by atoms with Crippen molar-refractivity contribution in [3.05, 3.63) is 97.2 Å². The highest BCUT2D eigenvalue weighted by atomic mass is 31.2. The van der Waals surface area contributed by atoms with Crippen molar-refractivity contribution in [3.8, 4) is 0 Å². The first-order valence-corrected chi connectivity index (χ1v) is 30.6. The fraction of sp³-hybridized carbons (Fsp3) is 0.694. The molecule has 2 N–H and O–H groups in total. The maximum atomic E-state index is 12.9. The van der Waals surface area contributed by atoms with Crippen LogP contribution in [0.25, 0.3) is 0 Å². The molecule has 0 aliphatic rings. The molecule has 0 fully saturated rings. The number of aliphatic hydroxyl groups is 1. The molecule has 0 saturated carbocycles. The van der Waals surface area contributed by atoms with Crippen molar-refractivity contribution < 1.29 is 52.2 Å². The number of ether oxygens (including phenoxy) is 3. The first-order valence-electron chi connectivity index (χ1n) is 29.1. The molecule has 0 bridgehead atoms. The van der Waals surface area contributed by atoms with Gasteiger partial charge in [0.2, 0.25) is 0 Å². The number of hydrogen-bond acceptors (Lipinski definition) is 10. The van der Waals surface area contributed by atoms with Crippen molar-refractivity contribution in [2.24, 2.45) is 0 Å². The van der Waals surface area contributed by atoms with E-state index in [1.54, 1.807) is 6.08 Å². The standard InChI is InChI=1S/C62H105O11P/c1-4-7-10-13-16-19-22-25-27-28-29-30-32-34-36-39-42-45-48-51-60(64)69-55-59(73-62(66)53-50-47-44-41-38-35-31-26-23-20-17-14-11-8-5-2)57-71-74(67,68)70-56-58(54-63)72-61(65)52-49-46-43-40-37-33-24-21-18-15-12-9-6-3/h8-9,11-12,17-18,20-21,26,31,33,37-38,41,47,50,58-59,63H,4-7,10,13-16,19,22-25,27-30,32,34-36,39-40,42-46,48-49,51-57H2,1-3H3,(H,67,68)/b11-8-,12-9-,20-17-,21-18-,31-26-,37-33-,41-38-,50-47-. The summed E-state index contributed by atoms with van der Waals surface area (Å²) in [5.41, 5.74) is 0. The molecule has 74 heavy (non-hydrogen) atoms. The van der Waals surface area contributed by atoms with Gasteiger partial charge in [-0.2, -0.15) is 0 Å². The first kappa shape index (κ1) is 70.4. The van der Waals surface area contributed by atoms with E-state index in [4.69, 9.17) is 23.3 Å². The van der Waals surface area contributed by atoms with Crippen LogP contribution in [0.3, 0.4) is 0 Å². The van der Waals surface area contributed by atoms with Crippen molar-refractivity contribution in [2.75, 3.05) is 26.4 Å². The summed E-state index contributed by atoms with van der Waals surface area (Å²) >= 11 is 0. The summed E-state index contributed by atoms with van der Waals surface area (Å²) in [5, 5.41) is 9.79. The van der Waals surface area contributed by atoms with Crippen LogP contribution < -0.4 is 0 Å². The number of unbranched alkanes of at least 4 members (excludes halogenated alkanes) is 21. The molecule has 0 aromatic carbocycles. The van der Waals surface area contributed by atoms with Crippen LogP contribution in [0.15, 0.2) is 97.2 Å². The van der Waals surface area contributed by atoms with Gasteiger partial charge in [0, 0.05) is 12.8 Å². The van der Waals surface area contributed by atoms with Gasteiger partial charge in [-0.1, -0.05) is 240 Å². The van der Waals surface area contributed by atoms with E-state index < -0.39 is 57.8 Å². The molecule has 0 rings (SSSR count). The third-order valence-corrected chi connectivity index (χ3v) is 13.0. The lowest BCUT2D eigenvalue weighted by molar-refractivity contribution is -0.160. The van der Waals surface area contributed by atoms with Crippen molar-refractivity contribution in [1.82, 2.24) is 0 Å². The molecule has 0 aromatic rings. The number of allylic oxidation sites excluding steroid dienone is 15. The quantitative estimate of drug-likeness (QED) is 0.0197. The van der Waals surface area contributed by atoms with Crippen molar-refractivity contribution in [3.63, 3.8) is 0 Å². The maximum Gasteiger partial charge on any atom is 0.472 e. The van der Waals surface area contributed by atoms with Crippen molar-refractivity contribution in [1.29, 1.82) is 0 Å². The molecule has 0 spiro atoms. The van der Waals surface area contributed by atoms with Gasteiger partial charge < -0.3 is 24.2 Å². The van der Waals surface area contributed by atoms with E-state index in [2.05, 4.69) is 99.8 Å². The van der Waals surface area contributed by atoms with Crippen LogP contribution in [0.5, 0.6) is 0 Å². The Hall–Kier alpha value is -3.60. The zero-order valence-corrected chi connectivity index (χ0v) is 47.7. The SMILES string of the molecule is CC/C=C\C/C=C\C/C=C\C/C=C\C/C=C\CC(=O)OC(COC(=O)CCCCCCCCCCCCCCCCCCCCC)COP(=O)(O)OCC(CO)OC(=O)CCCCC/C=C\C/C=C\C/C=C\CC. The summed E-state index contributed by atoms with van der Waals surface area (Å²) in [6.45, 7) is 4.28. The molecule has 12 heteroatoms. The van der Waals surface area contributed by atoms with Crippen LogP contribution in [0.2, 0.25) is 0 Å². The van der Waals surface area contributed by atoms with Crippen LogP contribution in [0.1, 0.15) is 239 Å². The molecule has 424 valence electrons. The summed E-state index contributed by atoms with van der Waals surface area (Å²) in [5.74, 6) is -1.65. The Bertz CT molecular complexity index is 1610. The molecule has 0 heterocycles. The molecule has 3 unspecified atom stereocenters. The highest BCUT2D eigenvalue weighted by Crippen LogP contribution is 2.43. The number of phosphoric acid groups is 1. The number of rotatable bonds is 53. The van der Waals surface area contributed by atoms with Crippen LogP contribution in [-0.4, -0.2) is 66.5 Å². The summed E-state index contributed by atoms with van der Waals surface area (Å²) < 4.78 is 39.3. The molecule has 3 atom stereocenters. The van der Waals surface area contributed by atoms with Gasteiger partial charge in [-0.3, -0.25) is 23.4 Å². The van der Waals surface area contributed by atoms with E-state index in [1.165, 1.54) is 96.3 Å². The monoisotopic (exact) mass is 1060 g/mol. The van der Waals surface area contributed by atoms with Crippen LogP contribution in [0.4, 0.5) is 0 Å². The second-order valence-electron chi connectivity index (χ2n) is 19.1. The van der Waals surface area contributed by atoms with E-state index in [1.807, 2.05) is 12.2 Å². The molecule has 0 aliphatic heterocycles. The predicted octanol–water partition coefficient (Wildman–Crippen LogP) is 17.3. The molecule has 0 saturated heterocycles. The average Bonchev–Trinajstić information content (AvgIpc) is 3.39. The third-order valence-electron chi connectivity index (χ3n) is 12.0. The summed E-state index contributed by atoms with van der Waals surface area (Å²) in [6, 6.07) is 0. The topological polar surface area (TPSA) is 155 Å². The number of aliphatic hydroxyl groups excluding tert-OH is 1.